The minimum absolute atomic E-state index is 0.162. The molecule has 1 aliphatic carbocycles. The molecular weight excluding hydrogens is 262 g/mol. The van der Waals surface area contributed by atoms with Crippen LogP contribution in [-0.2, 0) is 9.84 Å². The quantitative estimate of drug-likeness (QED) is 0.887. The first-order chi connectivity index (χ1) is 8.95. The molecule has 4 nitrogen and oxygen atoms in total. The third-order valence-corrected chi connectivity index (χ3v) is 5.58. The number of aliphatic hydroxyl groups excluding tert-OH is 1. The molecule has 2 fully saturated rings. The molecule has 0 radical (unpaired) electrons. The molecule has 0 aromatic heterocycles. The van der Waals surface area contributed by atoms with Crippen molar-refractivity contribution < 1.29 is 13.5 Å². The molecule has 3 atom stereocenters. The Labute approximate surface area is 114 Å². The predicted molar refractivity (Wildman–Crippen MR) is 74.0 cm³/mol. The molecule has 3 unspecified atom stereocenters. The maximum Gasteiger partial charge on any atom is 0.175 e. The summed E-state index contributed by atoms with van der Waals surface area (Å²) in [5.74, 6) is 0.971. The lowest BCUT2D eigenvalue weighted by Gasteiger charge is -2.20. The molecule has 1 aromatic rings. The molecule has 1 aromatic carbocycles. The Morgan fingerprint density at radius 1 is 1.16 bits per heavy atom. The van der Waals surface area contributed by atoms with Gasteiger partial charge >= 0.3 is 0 Å². The van der Waals surface area contributed by atoms with Crippen LogP contribution in [0, 0.1) is 11.8 Å². The third-order valence-electron chi connectivity index (χ3n) is 4.45. The molecule has 3 rings (SSSR count). The zero-order valence-electron chi connectivity index (χ0n) is 11.0. The standard InChI is InChI=1S/C14H19NO3S/c1-19(17,18)12-5-3-11(4-6-12)15-8-10-2-7-14(16)13(10)9-15/h3-6,10,13-14,16H,2,7-9H2,1H3. The largest absolute Gasteiger partial charge is 0.393 e. The van der Waals surface area contributed by atoms with Crippen molar-refractivity contribution in [3.63, 3.8) is 0 Å². The van der Waals surface area contributed by atoms with Gasteiger partial charge < -0.3 is 10.0 Å². The van der Waals surface area contributed by atoms with Gasteiger partial charge in [0.25, 0.3) is 0 Å². The molecule has 2 aliphatic rings. The van der Waals surface area contributed by atoms with Gasteiger partial charge in [-0.2, -0.15) is 0 Å². The third kappa shape index (κ3) is 2.37. The summed E-state index contributed by atoms with van der Waals surface area (Å²) in [6.45, 7) is 1.85. The first-order valence-corrected chi connectivity index (χ1v) is 8.57. The lowest BCUT2D eigenvalue weighted by atomic mass is 10.00. The van der Waals surface area contributed by atoms with E-state index in [-0.39, 0.29) is 6.10 Å². The van der Waals surface area contributed by atoms with Crippen LogP contribution in [0.4, 0.5) is 5.69 Å². The first-order valence-electron chi connectivity index (χ1n) is 6.68. The summed E-state index contributed by atoms with van der Waals surface area (Å²) in [5.41, 5.74) is 1.05. The molecule has 0 amide bonds. The van der Waals surface area contributed by atoms with E-state index in [2.05, 4.69) is 4.90 Å². The van der Waals surface area contributed by atoms with Gasteiger partial charge in [0.2, 0.25) is 0 Å². The second kappa shape index (κ2) is 4.49. The van der Waals surface area contributed by atoms with E-state index in [4.69, 9.17) is 0 Å². The van der Waals surface area contributed by atoms with Crippen LogP contribution in [0.2, 0.25) is 0 Å². The second-order valence-electron chi connectivity index (χ2n) is 5.74. The summed E-state index contributed by atoms with van der Waals surface area (Å²) < 4.78 is 22.8. The normalized spacial score (nSPS) is 30.6. The van der Waals surface area contributed by atoms with E-state index in [0.29, 0.717) is 16.7 Å². The molecule has 0 bridgehead atoms. The summed E-state index contributed by atoms with van der Waals surface area (Å²) in [7, 11) is -3.13. The van der Waals surface area contributed by atoms with Crippen molar-refractivity contribution in [2.75, 3.05) is 24.2 Å². The summed E-state index contributed by atoms with van der Waals surface area (Å²) in [6.07, 6.45) is 3.09. The van der Waals surface area contributed by atoms with E-state index >= 15 is 0 Å². The maximum atomic E-state index is 11.4. The van der Waals surface area contributed by atoms with Crippen molar-refractivity contribution in [2.45, 2.75) is 23.8 Å². The number of sulfone groups is 1. The number of anilines is 1. The van der Waals surface area contributed by atoms with Crippen molar-refractivity contribution in [3.8, 4) is 0 Å². The summed E-state index contributed by atoms with van der Waals surface area (Å²) in [4.78, 5) is 2.61. The van der Waals surface area contributed by atoms with Crippen LogP contribution >= 0.6 is 0 Å². The topological polar surface area (TPSA) is 57.6 Å². The minimum atomic E-state index is -3.13. The number of fused-ring (bicyclic) bond motifs is 1. The van der Waals surface area contributed by atoms with Gasteiger partial charge in [0.05, 0.1) is 11.0 Å². The molecule has 1 aliphatic heterocycles. The van der Waals surface area contributed by atoms with Gasteiger partial charge in [-0.3, -0.25) is 0 Å². The highest BCUT2D eigenvalue weighted by molar-refractivity contribution is 7.90. The zero-order valence-corrected chi connectivity index (χ0v) is 11.8. The van der Waals surface area contributed by atoms with Crippen LogP contribution in [0.1, 0.15) is 12.8 Å². The van der Waals surface area contributed by atoms with Crippen LogP contribution in [0.25, 0.3) is 0 Å². The fraction of sp³-hybridized carbons (Fsp3) is 0.571. The van der Waals surface area contributed by atoms with Crippen LogP contribution in [0.3, 0.4) is 0 Å². The molecule has 1 N–H and O–H groups in total. The Balaban J connectivity index is 1.78. The molecule has 104 valence electrons. The van der Waals surface area contributed by atoms with Crippen LogP contribution < -0.4 is 4.90 Å². The average Bonchev–Trinajstić information content (AvgIpc) is 2.91. The minimum Gasteiger partial charge on any atom is -0.393 e. The zero-order chi connectivity index (χ0) is 13.6. The van der Waals surface area contributed by atoms with Crippen molar-refractivity contribution in [1.29, 1.82) is 0 Å². The molecule has 19 heavy (non-hydrogen) atoms. The Hall–Kier alpha value is -1.07. The van der Waals surface area contributed by atoms with Gasteiger partial charge in [0.1, 0.15) is 0 Å². The maximum absolute atomic E-state index is 11.4. The van der Waals surface area contributed by atoms with E-state index in [9.17, 15) is 13.5 Å². The Morgan fingerprint density at radius 3 is 2.42 bits per heavy atom. The van der Waals surface area contributed by atoms with E-state index in [0.717, 1.165) is 31.6 Å². The van der Waals surface area contributed by atoms with Gasteiger partial charge in [-0.25, -0.2) is 8.42 Å². The van der Waals surface area contributed by atoms with Crippen molar-refractivity contribution in [2.24, 2.45) is 11.8 Å². The Kier molecular flexibility index (Phi) is 3.06. The van der Waals surface area contributed by atoms with Crippen molar-refractivity contribution >= 4 is 15.5 Å². The van der Waals surface area contributed by atoms with E-state index in [1.54, 1.807) is 12.1 Å². The molecule has 1 heterocycles. The second-order valence-corrected chi connectivity index (χ2v) is 7.76. The van der Waals surface area contributed by atoms with Gasteiger partial charge in [-0.15, -0.1) is 0 Å². The molecule has 1 saturated heterocycles. The molecule has 0 spiro atoms. The first kappa shape index (κ1) is 12.9. The van der Waals surface area contributed by atoms with Crippen LogP contribution in [0.5, 0.6) is 0 Å². The number of hydrogen-bond acceptors (Lipinski definition) is 4. The van der Waals surface area contributed by atoms with Crippen LogP contribution in [0.15, 0.2) is 29.2 Å². The van der Waals surface area contributed by atoms with E-state index in [1.165, 1.54) is 6.26 Å². The molecule has 1 saturated carbocycles. The Morgan fingerprint density at radius 2 is 1.84 bits per heavy atom. The van der Waals surface area contributed by atoms with Crippen molar-refractivity contribution in [3.05, 3.63) is 24.3 Å². The highest BCUT2D eigenvalue weighted by Crippen LogP contribution is 2.39. The fourth-order valence-corrected chi connectivity index (χ4v) is 3.98. The lowest BCUT2D eigenvalue weighted by molar-refractivity contribution is 0.133. The summed E-state index contributed by atoms with van der Waals surface area (Å²) >= 11 is 0. The van der Waals surface area contributed by atoms with Gasteiger partial charge in [0.15, 0.2) is 9.84 Å². The number of benzene rings is 1. The number of aliphatic hydroxyl groups is 1. The predicted octanol–water partition coefficient (Wildman–Crippen LogP) is 1.30. The van der Waals surface area contributed by atoms with Gasteiger partial charge in [-0.05, 0) is 43.0 Å². The lowest BCUT2D eigenvalue weighted by Crippen LogP contribution is -2.24. The molecular formula is C14H19NO3S. The highest BCUT2D eigenvalue weighted by atomic mass is 32.2. The number of nitrogens with zero attached hydrogens (tertiary/aromatic N) is 1. The molecule has 5 heteroatoms. The van der Waals surface area contributed by atoms with Crippen molar-refractivity contribution in [1.82, 2.24) is 0 Å². The van der Waals surface area contributed by atoms with Gasteiger partial charge in [-0.1, -0.05) is 0 Å². The van der Waals surface area contributed by atoms with E-state index in [1.807, 2.05) is 12.1 Å². The number of rotatable bonds is 2. The highest BCUT2D eigenvalue weighted by Gasteiger charge is 2.41. The summed E-state index contributed by atoms with van der Waals surface area (Å²) in [5, 5.41) is 9.91. The van der Waals surface area contributed by atoms with E-state index < -0.39 is 9.84 Å². The SMILES string of the molecule is CS(=O)(=O)c1ccc(N2CC3CCC(O)C3C2)cc1. The van der Waals surface area contributed by atoms with Gasteiger partial charge in [0, 0.05) is 31.0 Å². The monoisotopic (exact) mass is 281 g/mol. The van der Waals surface area contributed by atoms with Crippen LogP contribution in [-0.4, -0.2) is 39.0 Å². The average molecular weight is 281 g/mol. The fourth-order valence-electron chi connectivity index (χ4n) is 3.35. The summed E-state index contributed by atoms with van der Waals surface area (Å²) in [6, 6.07) is 7.05. The number of hydrogen-bond donors (Lipinski definition) is 1. The smallest absolute Gasteiger partial charge is 0.175 e. The Bertz CT molecular complexity index is 567.